The first kappa shape index (κ1) is 11.6. The minimum absolute atomic E-state index is 0.201. The maximum atomic E-state index is 5.72. The Morgan fingerprint density at radius 3 is 3.00 bits per heavy atom. The molecule has 7 nitrogen and oxygen atoms in total. The zero-order chi connectivity index (χ0) is 13.4. The van der Waals surface area contributed by atoms with Gasteiger partial charge in [-0.1, -0.05) is 6.07 Å². The van der Waals surface area contributed by atoms with Crippen molar-refractivity contribution >= 4 is 17.6 Å². The van der Waals surface area contributed by atoms with Gasteiger partial charge in [0.2, 0.25) is 12.8 Å². The van der Waals surface area contributed by atoms with E-state index in [-0.39, 0.29) is 13.0 Å². The Hall–Kier alpha value is -2.44. The first-order chi connectivity index (χ1) is 9.15. The zero-order valence-corrected chi connectivity index (χ0v) is 10.8. The van der Waals surface area contributed by atoms with E-state index in [0.29, 0.717) is 17.7 Å². The molecule has 0 amide bonds. The molecule has 3 rings (SSSR count). The number of nitrogens with one attached hydrogen (secondary N) is 1. The number of guanidine groups is 2. The summed E-state index contributed by atoms with van der Waals surface area (Å²) >= 11 is 0. The van der Waals surface area contributed by atoms with Crippen LogP contribution in [0.2, 0.25) is 0 Å². The fraction of sp³-hybridized carbons (Fsp3) is 0.333. The highest BCUT2D eigenvalue weighted by Crippen LogP contribution is 2.40. The molecule has 2 heterocycles. The van der Waals surface area contributed by atoms with Crippen LogP contribution in [0.15, 0.2) is 28.2 Å². The lowest BCUT2D eigenvalue weighted by molar-refractivity contribution is 0.174. The van der Waals surface area contributed by atoms with Crippen molar-refractivity contribution in [2.75, 3.05) is 18.7 Å². The fourth-order valence-electron chi connectivity index (χ4n) is 2.05. The molecule has 0 bridgehead atoms. The molecule has 0 spiro atoms. The lowest BCUT2D eigenvalue weighted by Gasteiger charge is -2.26. The highest BCUT2D eigenvalue weighted by molar-refractivity contribution is 6.07. The van der Waals surface area contributed by atoms with E-state index < -0.39 is 0 Å². The number of anilines is 1. The number of para-hydroxylation sites is 1. The molecule has 7 heteroatoms. The number of nitrogens with two attached hydrogens (primary N) is 1. The Bertz CT molecular complexity index is 569. The van der Waals surface area contributed by atoms with Gasteiger partial charge in [0.05, 0.1) is 5.69 Å². The molecule has 0 saturated heterocycles. The first-order valence-electron chi connectivity index (χ1n) is 5.95. The monoisotopic (exact) mass is 261 g/mol. The Labute approximate surface area is 110 Å². The average Bonchev–Trinajstić information content (AvgIpc) is 2.84. The standard InChI is InChI=1S/C12H15N5O2/c1-7-14-11(13)16-12(15-7)17(2)8-4-3-5-9-10(8)19-6-18-9/h3-5,7H,6H2,1-2H3,(H3,13,14,15,16). The van der Waals surface area contributed by atoms with Crippen molar-refractivity contribution in [1.29, 1.82) is 0 Å². The van der Waals surface area contributed by atoms with Gasteiger partial charge in [0.1, 0.15) is 6.17 Å². The van der Waals surface area contributed by atoms with Crippen LogP contribution in [-0.2, 0) is 0 Å². The van der Waals surface area contributed by atoms with Crippen LogP contribution in [0.4, 0.5) is 5.69 Å². The van der Waals surface area contributed by atoms with Crippen LogP contribution in [0, 0.1) is 0 Å². The van der Waals surface area contributed by atoms with Crippen LogP contribution in [-0.4, -0.2) is 31.9 Å². The van der Waals surface area contributed by atoms with Gasteiger partial charge in [0.15, 0.2) is 17.5 Å². The Morgan fingerprint density at radius 1 is 1.37 bits per heavy atom. The largest absolute Gasteiger partial charge is 0.454 e. The molecule has 19 heavy (non-hydrogen) atoms. The number of hydrogen-bond acceptors (Lipinski definition) is 7. The SMILES string of the molecule is CC1N=C(N)NC(N(C)c2cccc3c2OCO3)=N1. The summed E-state index contributed by atoms with van der Waals surface area (Å²) in [5.74, 6) is 2.43. The summed E-state index contributed by atoms with van der Waals surface area (Å²) in [5.41, 5.74) is 6.58. The molecule has 1 aromatic rings. The highest BCUT2D eigenvalue weighted by Gasteiger charge is 2.23. The topological polar surface area (TPSA) is 84.5 Å². The fourth-order valence-corrected chi connectivity index (χ4v) is 2.05. The van der Waals surface area contributed by atoms with E-state index in [1.807, 2.05) is 37.1 Å². The van der Waals surface area contributed by atoms with Crippen LogP contribution >= 0.6 is 0 Å². The van der Waals surface area contributed by atoms with E-state index >= 15 is 0 Å². The molecule has 100 valence electrons. The number of fused-ring (bicyclic) bond motifs is 1. The molecule has 0 aliphatic carbocycles. The van der Waals surface area contributed by atoms with Crippen molar-refractivity contribution < 1.29 is 9.47 Å². The van der Waals surface area contributed by atoms with E-state index in [0.717, 1.165) is 11.4 Å². The number of rotatable bonds is 1. The number of nitrogens with zero attached hydrogens (tertiary/aromatic N) is 3. The van der Waals surface area contributed by atoms with Crippen molar-refractivity contribution in [2.45, 2.75) is 13.1 Å². The van der Waals surface area contributed by atoms with E-state index in [4.69, 9.17) is 15.2 Å². The lowest BCUT2D eigenvalue weighted by Crippen LogP contribution is -2.48. The molecular formula is C12H15N5O2. The van der Waals surface area contributed by atoms with E-state index in [2.05, 4.69) is 15.3 Å². The predicted octanol–water partition coefficient (Wildman–Crippen LogP) is 0.471. The van der Waals surface area contributed by atoms with Crippen molar-refractivity contribution in [3.8, 4) is 11.5 Å². The average molecular weight is 261 g/mol. The number of hydrogen-bond donors (Lipinski definition) is 2. The van der Waals surface area contributed by atoms with Crippen LogP contribution < -0.4 is 25.4 Å². The van der Waals surface area contributed by atoms with E-state index in [1.54, 1.807) is 0 Å². The molecule has 2 aliphatic rings. The van der Waals surface area contributed by atoms with Crippen LogP contribution in [0.5, 0.6) is 11.5 Å². The van der Waals surface area contributed by atoms with Gasteiger partial charge in [-0.2, -0.15) is 0 Å². The van der Waals surface area contributed by atoms with Crippen LogP contribution in [0.3, 0.4) is 0 Å². The minimum Gasteiger partial charge on any atom is -0.454 e. The van der Waals surface area contributed by atoms with Gasteiger partial charge in [0, 0.05) is 7.05 Å². The summed E-state index contributed by atoms with van der Waals surface area (Å²) in [5, 5.41) is 2.94. The second kappa shape index (κ2) is 4.34. The van der Waals surface area contributed by atoms with Gasteiger partial charge in [-0.15, -0.1) is 0 Å². The number of benzene rings is 1. The smallest absolute Gasteiger partial charge is 0.231 e. The zero-order valence-electron chi connectivity index (χ0n) is 10.8. The Balaban J connectivity index is 1.93. The maximum Gasteiger partial charge on any atom is 0.231 e. The van der Waals surface area contributed by atoms with Gasteiger partial charge in [0.25, 0.3) is 0 Å². The normalized spacial score (nSPS) is 20.4. The Kier molecular flexibility index (Phi) is 2.66. The molecule has 1 aromatic carbocycles. The number of ether oxygens (including phenoxy) is 2. The van der Waals surface area contributed by atoms with Crippen molar-refractivity contribution in [1.82, 2.24) is 5.32 Å². The van der Waals surface area contributed by atoms with Gasteiger partial charge in [-0.3, -0.25) is 5.32 Å². The van der Waals surface area contributed by atoms with Crippen LogP contribution in [0.1, 0.15) is 6.92 Å². The van der Waals surface area contributed by atoms with E-state index in [9.17, 15) is 0 Å². The third-order valence-electron chi connectivity index (χ3n) is 2.93. The lowest BCUT2D eigenvalue weighted by atomic mass is 10.2. The third kappa shape index (κ3) is 2.03. The second-order valence-corrected chi connectivity index (χ2v) is 4.29. The second-order valence-electron chi connectivity index (χ2n) is 4.29. The molecule has 0 radical (unpaired) electrons. The van der Waals surface area contributed by atoms with Crippen molar-refractivity contribution in [2.24, 2.45) is 15.7 Å². The first-order valence-corrected chi connectivity index (χ1v) is 5.95. The summed E-state index contributed by atoms with van der Waals surface area (Å²) < 4.78 is 10.8. The van der Waals surface area contributed by atoms with Crippen LogP contribution in [0.25, 0.3) is 0 Å². The molecule has 1 unspecified atom stereocenters. The predicted molar refractivity (Wildman–Crippen MR) is 72.6 cm³/mol. The minimum atomic E-state index is -0.201. The van der Waals surface area contributed by atoms with Crippen molar-refractivity contribution in [3.05, 3.63) is 18.2 Å². The molecule has 2 aliphatic heterocycles. The van der Waals surface area contributed by atoms with Gasteiger partial charge in [-0.25, -0.2) is 9.98 Å². The van der Waals surface area contributed by atoms with Gasteiger partial charge >= 0.3 is 0 Å². The van der Waals surface area contributed by atoms with Crippen molar-refractivity contribution in [3.63, 3.8) is 0 Å². The Morgan fingerprint density at radius 2 is 2.21 bits per heavy atom. The van der Waals surface area contributed by atoms with Gasteiger partial charge < -0.3 is 20.1 Å². The summed E-state index contributed by atoms with van der Waals surface area (Å²) in [6.45, 7) is 2.11. The van der Waals surface area contributed by atoms with E-state index in [1.165, 1.54) is 0 Å². The summed E-state index contributed by atoms with van der Waals surface area (Å²) in [6.07, 6.45) is -0.201. The summed E-state index contributed by atoms with van der Waals surface area (Å²) in [6, 6.07) is 5.71. The molecule has 0 fully saturated rings. The number of aliphatic imine (C=N–C) groups is 2. The summed E-state index contributed by atoms with van der Waals surface area (Å²) in [7, 11) is 1.88. The molecule has 1 atom stereocenters. The molecular weight excluding hydrogens is 246 g/mol. The molecule has 0 saturated carbocycles. The summed E-state index contributed by atoms with van der Waals surface area (Å²) in [4.78, 5) is 10.4. The third-order valence-corrected chi connectivity index (χ3v) is 2.93. The quantitative estimate of drug-likeness (QED) is 0.767. The van der Waals surface area contributed by atoms with Gasteiger partial charge in [-0.05, 0) is 19.1 Å². The maximum absolute atomic E-state index is 5.72. The molecule has 0 aromatic heterocycles. The highest BCUT2D eigenvalue weighted by atomic mass is 16.7. The molecule has 3 N–H and O–H groups in total.